The second-order valence-corrected chi connectivity index (χ2v) is 15.8. The largest absolute Gasteiger partial charge is 0.513 e. The summed E-state index contributed by atoms with van der Waals surface area (Å²) in [4.78, 5) is 52.3. The Balaban J connectivity index is 0.000000650. The maximum absolute atomic E-state index is 10.5. The average Bonchev–Trinajstić information content (AvgIpc) is 3.10. The van der Waals surface area contributed by atoms with Gasteiger partial charge in [0.15, 0.2) is 6.10 Å². The van der Waals surface area contributed by atoms with Crippen LogP contribution in [0.15, 0.2) is 12.3 Å². The van der Waals surface area contributed by atoms with Gasteiger partial charge in [-0.2, -0.15) is 0 Å². The lowest BCUT2D eigenvalue weighted by molar-refractivity contribution is -0.155. The number of aliphatic hydroxyl groups is 1. The number of piperidine rings is 2. The van der Waals surface area contributed by atoms with Crippen LogP contribution < -0.4 is 11.1 Å². The molecule has 0 aliphatic carbocycles. The molecule has 316 valence electrons. The number of carbonyl (C=O) groups is 4. The molecule has 54 heavy (non-hydrogen) atoms. The third-order valence-electron chi connectivity index (χ3n) is 9.70. The highest BCUT2D eigenvalue weighted by molar-refractivity contribution is 8.00. The number of piperazine rings is 1. The summed E-state index contributed by atoms with van der Waals surface area (Å²) in [5.41, 5.74) is 5.47. The molecule has 0 amide bonds. The minimum Gasteiger partial charge on any atom is -0.513 e. The van der Waals surface area contributed by atoms with Crippen molar-refractivity contribution < 1.29 is 49.4 Å². The number of carboxylic acid groups (broad SMARTS) is 4. The van der Waals surface area contributed by atoms with Gasteiger partial charge in [-0.3, -0.25) is 14.4 Å². The fourth-order valence-electron chi connectivity index (χ4n) is 6.02. The smallest absolute Gasteiger partial charge is 0.334 e. The normalized spacial score (nSPS) is 25.5. The molecule has 8 N–H and O–H groups in total. The molecule has 5 aliphatic heterocycles. The molecule has 5 aliphatic rings. The van der Waals surface area contributed by atoms with E-state index >= 15 is 0 Å². The predicted octanol–water partition coefficient (Wildman–Crippen LogP) is 0.661. The van der Waals surface area contributed by atoms with Crippen LogP contribution in [0, 0.1) is 11.8 Å². The van der Waals surface area contributed by atoms with E-state index in [1.165, 1.54) is 11.8 Å². The number of likely N-dealkylation sites (tertiary alicyclic amines) is 2. The van der Waals surface area contributed by atoms with Crippen LogP contribution in [0.5, 0.6) is 0 Å². The van der Waals surface area contributed by atoms with E-state index in [-0.39, 0.29) is 18.7 Å². The fraction of sp³-hybridized carbons (Fsp3) is 0.833. The van der Waals surface area contributed by atoms with E-state index in [0.717, 1.165) is 83.8 Å². The van der Waals surface area contributed by atoms with Gasteiger partial charge in [0.05, 0.1) is 12.4 Å². The van der Waals surface area contributed by atoms with Crippen LogP contribution in [0.4, 0.5) is 0 Å². The summed E-state index contributed by atoms with van der Waals surface area (Å²) in [6.45, 7) is 13.7. The third kappa shape index (κ3) is 22.7. The van der Waals surface area contributed by atoms with Crippen molar-refractivity contribution in [2.24, 2.45) is 17.6 Å². The number of aliphatic hydroxyl groups excluding tert-OH is 1. The predicted molar refractivity (Wildman–Crippen MR) is 212 cm³/mol. The number of thioether (sulfide) groups is 1. The number of carboxylic acids is 4. The van der Waals surface area contributed by atoms with Gasteiger partial charge in [-0.1, -0.05) is 14.0 Å². The number of likely N-dealkylation sites (N-methyl/N-ethyl adjacent to an activating group) is 2. The van der Waals surface area contributed by atoms with Crippen LogP contribution in [0.1, 0.15) is 39.5 Å². The highest BCUT2D eigenvalue weighted by Crippen LogP contribution is 2.21. The molecule has 17 nitrogen and oxygen atoms in total. The molecule has 5 rings (SSSR count). The molecule has 4 unspecified atom stereocenters. The minimum absolute atomic E-state index is 0. The van der Waals surface area contributed by atoms with Crippen molar-refractivity contribution in [1.29, 1.82) is 0 Å². The number of ether oxygens (including phenoxy) is 1. The van der Waals surface area contributed by atoms with Crippen molar-refractivity contribution in [1.82, 2.24) is 29.8 Å². The van der Waals surface area contributed by atoms with Crippen molar-refractivity contribution in [3.8, 4) is 0 Å². The van der Waals surface area contributed by atoms with E-state index in [1.807, 2.05) is 30.9 Å². The van der Waals surface area contributed by atoms with Gasteiger partial charge in [0.1, 0.15) is 17.3 Å². The fourth-order valence-corrected chi connectivity index (χ4v) is 7.22. The van der Waals surface area contributed by atoms with Crippen molar-refractivity contribution in [2.75, 3.05) is 120 Å². The number of nitrogens with zero attached hydrogens (tertiary/aromatic N) is 5. The van der Waals surface area contributed by atoms with Crippen LogP contribution in [-0.4, -0.2) is 217 Å². The molecule has 0 bridgehead atoms. The zero-order chi connectivity index (χ0) is 40.1. The number of hydrogen-bond donors (Lipinski definition) is 7. The first kappa shape index (κ1) is 51.5. The van der Waals surface area contributed by atoms with Gasteiger partial charge in [-0.25, -0.2) is 4.79 Å². The third-order valence-corrected chi connectivity index (χ3v) is 10.9. The van der Waals surface area contributed by atoms with Gasteiger partial charge in [-0.05, 0) is 99.4 Å². The Morgan fingerprint density at radius 2 is 1.28 bits per heavy atom. The highest BCUT2D eigenvalue weighted by Gasteiger charge is 2.25. The van der Waals surface area contributed by atoms with E-state index in [1.54, 1.807) is 0 Å². The first-order valence-electron chi connectivity index (χ1n) is 18.3. The molecule has 18 heteroatoms. The lowest BCUT2D eigenvalue weighted by Crippen LogP contribution is -2.52. The minimum atomic E-state index is -0.876. The first-order valence-corrected chi connectivity index (χ1v) is 19.4. The molecule has 5 heterocycles. The number of rotatable bonds is 7. The molecule has 0 saturated carbocycles. The lowest BCUT2D eigenvalue weighted by Gasteiger charge is -2.29. The number of nitrogens with two attached hydrogens (primary N) is 1. The Kier molecular flexibility index (Phi) is 26.6. The molecular weight excluding hydrogens is 723 g/mol. The summed E-state index contributed by atoms with van der Waals surface area (Å²) >= 11 is 1.53. The summed E-state index contributed by atoms with van der Waals surface area (Å²) in [5.74, 6) is -1.02. The molecular formula is C36H71N7O10S. The highest BCUT2D eigenvalue weighted by atomic mass is 32.2. The van der Waals surface area contributed by atoms with E-state index in [2.05, 4.69) is 40.7 Å². The number of aliphatic carboxylic acids is 4. The van der Waals surface area contributed by atoms with E-state index in [0.29, 0.717) is 50.3 Å². The monoisotopic (exact) mass is 793 g/mol. The van der Waals surface area contributed by atoms with Gasteiger partial charge in [0.2, 0.25) is 0 Å². The van der Waals surface area contributed by atoms with Crippen LogP contribution >= 0.6 is 11.8 Å². The summed E-state index contributed by atoms with van der Waals surface area (Å²) in [6, 6.07) is -1.05. The maximum Gasteiger partial charge on any atom is 0.334 e. The zero-order valence-electron chi connectivity index (χ0n) is 32.4. The number of morpholine rings is 1. The summed E-state index contributed by atoms with van der Waals surface area (Å²) in [7, 11) is 9.97. The average molecular weight is 794 g/mol. The standard InChI is InChI=1S/C9H18N2O2.C8H15NO.C6H12N2O2.C6H11NO3.C6H11NO2S.CH4/c1-11-4-2-7(3-5-11)6-8(10)9(12)13;1-7(10)8-3-5-9(2)6-4-8;1-8-3-2-7-5(4-8)6(9)10;2*1-7-2-3-10-5(4-7)6(8)9;/h7-8H,2-6,10H2,1H3,(H,12,13);8,10H,1,3-6H2,2H3;5,7H,2-4H2,1H3,(H,9,10);2*5H,2-4H2,1H3,(H,8,9);1H4. The Morgan fingerprint density at radius 3 is 1.67 bits per heavy atom. The Hall–Kier alpha value is -2.55. The number of nitrogens with one attached hydrogen (secondary N) is 1. The second-order valence-electron chi connectivity index (χ2n) is 14.5. The second kappa shape index (κ2) is 27.9. The molecule has 5 fully saturated rings. The van der Waals surface area contributed by atoms with Gasteiger partial charge < -0.3 is 65.8 Å². The summed E-state index contributed by atoms with van der Waals surface area (Å²) in [5, 5.41) is 46.1. The number of allylic oxidation sites excluding steroid dienone is 1. The first-order chi connectivity index (χ1) is 24.9. The molecule has 4 atom stereocenters. The molecule has 0 radical (unpaired) electrons. The molecule has 5 saturated heterocycles. The van der Waals surface area contributed by atoms with Gasteiger partial charge >= 0.3 is 23.9 Å². The van der Waals surface area contributed by atoms with Crippen molar-refractivity contribution in [3.63, 3.8) is 0 Å². The van der Waals surface area contributed by atoms with Crippen LogP contribution in [0.3, 0.4) is 0 Å². The van der Waals surface area contributed by atoms with Crippen LogP contribution in [-0.2, 0) is 23.9 Å². The van der Waals surface area contributed by atoms with Gasteiger partial charge in [0, 0.05) is 57.5 Å². The maximum atomic E-state index is 10.5. The molecule has 0 spiro atoms. The summed E-state index contributed by atoms with van der Waals surface area (Å²) < 4.78 is 4.97. The topological polar surface area (TPSA) is 233 Å². The molecule has 0 aromatic heterocycles. The quantitative estimate of drug-likeness (QED) is 0.176. The van der Waals surface area contributed by atoms with Crippen molar-refractivity contribution in [2.45, 2.75) is 63.0 Å². The van der Waals surface area contributed by atoms with Crippen LogP contribution in [0.25, 0.3) is 0 Å². The summed E-state index contributed by atoms with van der Waals surface area (Å²) in [6.07, 6.45) is 4.29. The Labute approximate surface area is 326 Å². The van der Waals surface area contributed by atoms with E-state index in [9.17, 15) is 19.2 Å². The van der Waals surface area contributed by atoms with Gasteiger partial charge in [0.25, 0.3) is 0 Å². The SMILES string of the molecule is C.C=C(O)C1CCN(C)CC1.CN1CCC(CC(N)C(=O)O)CC1.CN1CCNC(C(=O)O)C1.CN1CCOC(C(=O)O)C1.CN1CCSC(C(=O)O)C1. The molecule has 0 aromatic carbocycles. The van der Waals surface area contributed by atoms with E-state index in [4.69, 9.17) is 36.0 Å². The Bertz CT molecular complexity index is 1030. The van der Waals surface area contributed by atoms with Crippen LogP contribution in [0.2, 0.25) is 0 Å². The van der Waals surface area contributed by atoms with Gasteiger partial charge in [-0.15, -0.1) is 11.8 Å². The molecule has 0 aromatic rings. The lowest BCUT2D eigenvalue weighted by atomic mass is 9.91. The van der Waals surface area contributed by atoms with E-state index < -0.39 is 36.0 Å². The van der Waals surface area contributed by atoms with Crippen molar-refractivity contribution >= 4 is 35.6 Å². The Morgan fingerprint density at radius 1 is 0.741 bits per heavy atom. The number of hydrogen-bond acceptors (Lipinski definition) is 14. The van der Waals surface area contributed by atoms with Crippen molar-refractivity contribution in [3.05, 3.63) is 12.3 Å². The zero-order valence-corrected chi connectivity index (χ0v) is 33.2.